The molecule has 8 nitrogen and oxygen atoms in total. The maximum absolute atomic E-state index is 13.1. The first-order valence-corrected chi connectivity index (χ1v) is 14.7. The molecule has 3 aromatic carbocycles. The zero-order valence-corrected chi connectivity index (χ0v) is 25.1. The first-order valence-electron chi connectivity index (χ1n) is 12.9. The Morgan fingerprint density at radius 2 is 1.25 bits per heavy atom. The van der Waals surface area contributed by atoms with Crippen molar-refractivity contribution in [3.63, 3.8) is 0 Å². The fraction of sp³-hybridized carbons (Fsp3) is 0.355. The van der Waals surface area contributed by atoms with Crippen molar-refractivity contribution in [1.29, 1.82) is 0 Å². The van der Waals surface area contributed by atoms with E-state index >= 15 is 0 Å². The largest absolute Gasteiger partial charge is 0.419 e. The summed E-state index contributed by atoms with van der Waals surface area (Å²) < 4.78 is 40.9. The van der Waals surface area contributed by atoms with Gasteiger partial charge in [0, 0.05) is 12.1 Å². The van der Waals surface area contributed by atoms with Crippen LogP contribution in [0.15, 0.2) is 54.6 Å². The predicted molar refractivity (Wildman–Crippen MR) is 155 cm³/mol. The second-order valence-electron chi connectivity index (χ2n) is 11.0. The Kier molecular flexibility index (Phi) is 9.56. The zero-order chi connectivity index (χ0) is 29.8. The van der Waals surface area contributed by atoms with Crippen molar-refractivity contribution >= 4 is 22.1 Å². The van der Waals surface area contributed by atoms with Gasteiger partial charge in [0.15, 0.2) is 11.5 Å². The maximum Gasteiger partial charge on any atom is 0.343 e. The molecule has 0 heterocycles. The number of rotatable bonds is 9. The molecule has 1 N–H and O–H groups in total. The monoisotopic (exact) mass is 567 g/mol. The van der Waals surface area contributed by atoms with Gasteiger partial charge in [-0.1, -0.05) is 18.2 Å². The van der Waals surface area contributed by atoms with E-state index in [0.29, 0.717) is 16.7 Å². The molecule has 0 aliphatic rings. The van der Waals surface area contributed by atoms with E-state index in [4.69, 9.17) is 13.7 Å². The van der Waals surface area contributed by atoms with Crippen LogP contribution >= 0.6 is 0 Å². The fourth-order valence-corrected chi connectivity index (χ4v) is 4.36. The van der Waals surface area contributed by atoms with Gasteiger partial charge in [-0.25, -0.2) is 9.59 Å². The maximum atomic E-state index is 13.1. The molecule has 0 radical (unpaired) electrons. The SMILES string of the molecule is Cc1ccc(C(=O)Oc2ccc(C(CNC(C)(C)C)OS(C)(=O)=O)cc2OC(=O)c2ccc(C)c(C)c2)cc1C. The lowest BCUT2D eigenvalue weighted by Gasteiger charge is -2.25. The lowest BCUT2D eigenvalue weighted by atomic mass is 10.1. The summed E-state index contributed by atoms with van der Waals surface area (Å²) >= 11 is 0. The highest BCUT2D eigenvalue weighted by molar-refractivity contribution is 7.86. The van der Waals surface area contributed by atoms with Crippen LogP contribution in [0, 0.1) is 27.7 Å². The summed E-state index contributed by atoms with van der Waals surface area (Å²) in [5.74, 6) is -1.32. The molecule has 0 saturated heterocycles. The van der Waals surface area contributed by atoms with Crippen molar-refractivity contribution in [2.24, 2.45) is 0 Å². The average Bonchev–Trinajstić information content (AvgIpc) is 2.84. The fourth-order valence-electron chi connectivity index (χ4n) is 3.76. The van der Waals surface area contributed by atoms with E-state index in [1.807, 2.05) is 60.6 Å². The van der Waals surface area contributed by atoms with Gasteiger partial charge in [-0.05, 0) is 113 Å². The number of hydrogen-bond donors (Lipinski definition) is 1. The molecule has 0 amide bonds. The van der Waals surface area contributed by atoms with Gasteiger partial charge in [0.05, 0.1) is 17.4 Å². The van der Waals surface area contributed by atoms with Gasteiger partial charge >= 0.3 is 11.9 Å². The molecule has 9 heteroatoms. The number of ether oxygens (including phenoxy) is 2. The highest BCUT2D eigenvalue weighted by atomic mass is 32.2. The van der Waals surface area contributed by atoms with Crippen molar-refractivity contribution in [2.75, 3.05) is 12.8 Å². The van der Waals surface area contributed by atoms with Gasteiger partial charge in [0.1, 0.15) is 6.10 Å². The van der Waals surface area contributed by atoms with Gasteiger partial charge in [-0.15, -0.1) is 0 Å². The van der Waals surface area contributed by atoms with E-state index in [-0.39, 0.29) is 23.6 Å². The van der Waals surface area contributed by atoms with Crippen molar-refractivity contribution in [3.8, 4) is 11.5 Å². The van der Waals surface area contributed by atoms with E-state index in [0.717, 1.165) is 28.5 Å². The summed E-state index contributed by atoms with van der Waals surface area (Å²) in [7, 11) is -3.83. The second-order valence-corrected chi connectivity index (χ2v) is 12.6. The van der Waals surface area contributed by atoms with E-state index in [2.05, 4.69) is 5.32 Å². The first-order chi connectivity index (χ1) is 18.5. The topological polar surface area (TPSA) is 108 Å². The lowest BCUT2D eigenvalue weighted by molar-refractivity contribution is 0.0681. The van der Waals surface area contributed by atoms with Crippen molar-refractivity contribution in [2.45, 2.75) is 60.1 Å². The van der Waals surface area contributed by atoms with Crippen molar-refractivity contribution in [3.05, 3.63) is 93.5 Å². The number of benzene rings is 3. The molecule has 3 rings (SSSR count). The molecular formula is C31H37NO7S. The Morgan fingerprint density at radius 3 is 1.70 bits per heavy atom. The molecule has 1 atom stereocenters. The van der Waals surface area contributed by atoms with Crippen LogP contribution in [0.2, 0.25) is 0 Å². The summed E-state index contributed by atoms with van der Waals surface area (Å²) in [6, 6.07) is 14.9. The molecule has 0 spiro atoms. The number of nitrogens with one attached hydrogen (secondary N) is 1. The van der Waals surface area contributed by atoms with E-state index in [1.54, 1.807) is 30.3 Å². The lowest BCUT2D eigenvalue weighted by Crippen LogP contribution is -2.39. The summed E-state index contributed by atoms with van der Waals surface area (Å²) in [4.78, 5) is 26.1. The molecular weight excluding hydrogens is 530 g/mol. The molecule has 0 fully saturated rings. The van der Waals surface area contributed by atoms with Crippen LogP contribution < -0.4 is 14.8 Å². The van der Waals surface area contributed by atoms with Gasteiger partial charge in [0.2, 0.25) is 0 Å². The highest BCUT2D eigenvalue weighted by Gasteiger charge is 2.24. The molecule has 3 aromatic rings. The predicted octanol–water partition coefficient (Wildman–Crippen LogP) is 5.76. The van der Waals surface area contributed by atoms with Gasteiger partial charge < -0.3 is 14.8 Å². The quantitative estimate of drug-likeness (QED) is 0.197. The van der Waals surface area contributed by atoms with Crippen LogP contribution in [-0.4, -0.2) is 38.7 Å². The minimum Gasteiger partial charge on any atom is -0.419 e. The van der Waals surface area contributed by atoms with Crippen molar-refractivity contribution < 1.29 is 31.7 Å². The molecule has 40 heavy (non-hydrogen) atoms. The minimum absolute atomic E-state index is 0.00560. The summed E-state index contributed by atoms with van der Waals surface area (Å²) in [5.41, 5.74) is 4.65. The zero-order valence-electron chi connectivity index (χ0n) is 24.2. The molecule has 0 bridgehead atoms. The van der Waals surface area contributed by atoms with Crippen LogP contribution in [0.4, 0.5) is 0 Å². The normalized spacial score (nSPS) is 12.6. The number of carbonyl (C=O) groups excluding carboxylic acids is 2. The van der Waals surface area contributed by atoms with Gasteiger partial charge in [0.25, 0.3) is 10.1 Å². The smallest absolute Gasteiger partial charge is 0.343 e. The third kappa shape index (κ3) is 8.74. The van der Waals surface area contributed by atoms with E-state index in [1.165, 1.54) is 12.1 Å². The second kappa shape index (κ2) is 12.3. The summed E-state index contributed by atoms with van der Waals surface area (Å²) in [5, 5.41) is 3.24. The summed E-state index contributed by atoms with van der Waals surface area (Å²) in [6.45, 7) is 13.6. The molecule has 214 valence electrons. The van der Waals surface area contributed by atoms with Crippen LogP contribution in [0.3, 0.4) is 0 Å². The Hall–Kier alpha value is -3.53. The number of hydrogen-bond acceptors (Lipinski definition) is 8. The Balaban J connectivity index is 2.03. The third-order valence-electron chi connectivity index (χ3n) is 6.34. The Labute approximate surface area is 236 Å². The molecule has 1 unspecified atom stereocenters. The standard InChI is InChI=1S/C31H37NO7S/c1-19-9-11-24(15-21(19)3)29(33)37-26-14-13-23(28(39-40(8,35)36)18-32-31(5,6)7)17-27(26)38-30(34)25-12-10-20(2)22(4)16-25/h9-17,28,32H,18H2,1-8H3. The Bertz CT molecular complexity index is 1520. The van der Waals surface area contributed by atoms with Gasteiger partial charge in [-0.3, -0.25) is 4.18 Å². The summed E-state index contributed by atoms with van der Waals surface area (Å²) in [6.07, 6.45) is 0.0371. The molecule has 0 aliphatic heterocycles. The van der Waals surface area contributed by atoms with Crippen LogP contribution in [0.1, 0.15) is 75.4 Å². The average molecular weight is 568 g/mol. The van der Waals surface area contributed by atoms with Crippen LogP contribution in [0.5, 0.6) is 11.5 Å². The molecule has 0 saturated carbocycles. The van der Waals surface area contributed by atoms with Crippen molar-refractivity contribution in [1.82, 2.24) is 5.32 Å². The van der Waals surface area contributed by atoms with Gasteiger partial charge in [-0.2, -0.15) is 8.42 Å². The number of carbonyl (C=O) groups is 2. The van der Waals surface area contributed by atoms with E-state index in [9.17, 15) is 18.0 Å². The Morgan fingerprint density at radius 1 is 0.750 bits per heavy atom. The number of aryl methyl sites for hydroxylation is 4. The van der Waals surface area contributed by atoms with E-state index < -0.39 is 28.2 Å². The minimum atomic E-state index is -3.83. The highest BCUT2D eigenvalue weighted by Crippen LogP contribution is 2.34. The molecule has 0 aliphatic carbocycles. The first kappa shape index (κ1) is 31.0. The number of esters is 2. The van der Waals surface area contributed by atoms with Crippen LogP contribution in [-0.2, 0) is 14.3 Å². The third-order valence-corrected chi connectivity index (χ3v) is 6.92. The van der Waals surface area contributed by atoms with Crippen LogP contribution in [0.25, 0.3) is 0 Å². The molecule has 0 aromatic heterocycles.